The Morgan fingerprint density at radius 2 is 2.12 bits per heavy atom. The SMILES string of the molecule is Cc1nnnn1C(Cc1cccc(F)c1)C(=O)NCc1cccnc1. The molecule has 0 aliphatic heterocycles. The number of rotatable bonds is 6. The predicted molar refractivity (Wildman–Crippen MR) is 87.8 cm³/mol. The van der Waals surface area contributed by atoms with Gasteiger partial charge in [-0.3, -0.25) is 9.78 Å². The Balaban J connectivity index is 1.78. The minimum Gasteiger partial charge on any atom is -0.350 e. The molecule has 2 heterocycles. The number of nitrogens with one attached hydrogen (secondary N) is 1. The number of hydrogen-bond donors (Lipinski definition) is 1. The molecule has 1 atom stereocenters. The third-order valence-corrected chi connectivity index (χ3v) is 3.76. The third kappa shape index (κ3) is 4.23. The van der Waals surface area contributed by atoms with E-state index in [0.29, 0.717) is 17.9 Å². The molecule has 0 aliphatic rings. The van der Waals surface area contributed by atoms with Crippen LogP contribution in [-0.2, 0) is 17.8 Å². The highest BCUT2D eigenvalue weighted by Crippen LogP contribution is 2.16. The van der Waals surface area contributed by atoms with Gasteiger partial charge < -0.3 is 5.32 Å². The molecular formula is C17H17FN6O. The minimum absolute atomic E-state index is 0.247. The van der Waals surface area contributed by atoms with E-state index in [1.54, 1.807) is 37.5 Å². The number of carbonyl (C=O) groups is 1. The van der Waals surface area contributed by atoms with Crippen LogP contribution in [0.2, 0.25) is 0 Å². The van der Waals surface area contributed by atoms with E-state index >= 15 is 0 Å². The molecule has 0 aliphatic carbocycles. The molecule has 1 N–H and O–H groups in total. The monoisotopic (exact) mass is 340 g/mol. The van der Waals surface area contributed by atoms with Gasteiger partial charge in [0.1, 0.15) is 17.7 Å². The predicted octanol–water partition coefficient (Wildman–Crippen LogP) is 1.62. The summed E-state index contributed by atoms with van der Waals surface area (Å²) in [5.41, 5.74) is 1.57. The summed E-state index contributed by atoms with van der Waals surface area (Å²) in [5, 5.41) is 14.2. The summed E-state index contributed by atoms with van der Waals surface area (Å²) < 4.78 is 14.9. The number of benzene rings is 1. The lowest BCUT2D eigenvalue weighted by atomic mass is 10.0. The van der Waals surface area contributed by atoms with Crippen LogP contribution in [0.1, 0.15) is 23.0 Å². The number of carbonyl (C=O) groups excluding carboxylic acids is 1. The van der Waals surface area contributed by atoms with Gasteiger partial charge in [0.05, 0.1) is 0 Å². The van der Waals surface area contributed by atoms with E-state index in [1.165, 1.54) is 16.8 Å². The first-order valence-electron chi connectivity index (χ1n) is 7.79. The van der Waals surface area contributed by atoms with Crippen molar-refractivity contribution < 1.29 is 9.18 Å². The van der Waals surface area contributed by atoms with Gasteiger partial charge in [0, 0.05) is 25.4 Å². The zero-order valence-electron chi connectivity index (χ0n) is 13.6. The highest BCUT2D eigenvalue weighted by molar-refractivity contribution is 5.80. The van der Waals surface area contributed by atoms with Gasteiger partial charge >= 0.3 is 0 Å². The van der Waals surface area contributed by atoms with Crippen LogP contribution in [0.5, 0.6) is 0 Å². The van der Waals surface area contributed by atoms with E-state index in [9.17, 15) is 9.18 Å². The molecule has 1 unspecified atom stereocenters. The molecule has 8 heteroatoms. The lowest BCUT2D eigenvalue weighted by Crippen LogP contribution is -2.34. The van der Waals surface area contributed by atoms with Crippen LogP contribution in [0.25, 0.3) is 0 Å². The van der Waals surface area contributed by atoms with E-state index in [0.717, 1.165) is 5.56 Å². The van der Waals surface area contributed by atoms with Gasteiger partial charge in [-0.05, 0) is 46.7 Å². The summed E-state index contributed by atoms with van der Waals surface area (Å²) in [5.74, 6) is -0.0816. The maximum absolute atomic E-state index is 13.5. The Morgan fingerprint density at radius 1 is 1.28 bits per heavy atom. The standard InChI is InChI=1S/C17H17FN6O/c1-12-21-22-23-24(12)16(9-13-4-2-6-15(18)8-13)17(25)20-11-14-5-3-7-19-10-14/h2-8,10,16H,9,11H2,1H3,(H,20,25). The van der Waals surface area contributed by atoms with Crippen molar-refractivity contribution >= 4 is 5.91 Å². The number of halogens is 1. The minimum atomic E-state index is -0.673. The van der Waals surface area contributed by atoms with Crippen molar-refractivity contribution in [2.45, 2.75) is 25.9 Å². The fraction of sp³-hybridized carbons (Fsp3) is 0.235. The van der Waals surface area contributed by atoms with Crippen molar-refractivity contribution in [3.8, 4) is 0 Å². The van der Waals surface area contributed by atoms with E-state index in [4.69, 9.17) is 0 Å². The first kappa shape index (κ1) is 16.7. The van der Waals surface area contributed by atoms with E-state index in [-0.39, 0.29) is 18.1 Å². The van der Waals surface area contributed by atoms with Crippen LogP contribution in [-0.4, -0.2) is 31.1 Å². The normalized spacial score (nSPS) is 11.9. The Hall–Kier alpha value is -3.16. The van der Waals surface area contributed by atoms with E-state index in [2.05, 4.69) is 25.8 Å². The summed E-state index contributed by atoms with van der Waals surface area (Å²) in [6.45, 7) is 2.06. The van der Waals surface area contributed by atoms with Gasteiger partial charge in [-0.25, -0.2) is 9.07 Å². The summed E-state index contributed by atoms with van der Waals surface area (Å²) in [7, 11) is 0. The molecule has 3 rings (SSSR count). The van der Waals surface area contributed by atoms with Crippen LogP contribution < -0.4 is 5.32 Å². The number of hydrogen-bond acceptors (Lipinski definition) is 5. The largest absolute Gasteiger partial charge is 0.350 e. The molecule has 1 aromatic carbocycles. The van der Waals surface area contributed by atoms with Gasteiger partial charge in [0.15, 0.2) is 0 Å². The van der Waals surface area contributed by atoms with E-state index < -0.39 is 6.04 Å². The average molecular weight is 340 g/mol. The molecule has 2 aromatic heterocycles. The molecule has 7 nitrogen and oxygen atoms in total. The highest BCUT2D eigenvalue weighted by atomic mass is 19.1. The van der Waals surface area contributed by atoms with Crippen LogP contribution in [0.4, 0.5) is 4.39 Å². The summed E-state index contributed by atoms with van der Waals surface area (Å²) in [4.78, 5) is 16.7. The lowest BCUT2D eigenvalue weighted by Gasteiger charge is -2.17. The van der Waals surface area contributed by atoms with Crippen molar-refractivity contribution in [3.05, 3.63) is 71.6 Å². The molecule has 0 saturated heterocycles. The number of aryl methyl sites for hydroxylation is 1. The molecule has 0 bridgehead atoms. The van der Waals surface area contributed by atoms with Crippen LogP contribution >= 0.6 is 0 Å². The number of aromatic nitrogens is 5. The van der Waals surface area contributed by atoms with Crippen molar-refractivity contribution in [2.24, 2.45) is 0 Å². The quantitative estimate of drug-likeness (QED) is 0.737. The fourth-order valence-electron chi connectivity index (χ4n) is 2.51. The second-order valence-electron chi connectivity index (χ2n) is 5.60. The highest BCUT2D eigenvalue weighted by Gasteiger charge is 2.24. The molecule has 128 valence electrons. The zero-order chi connectivity index (χ0) is 17.6. The van der Waals surface area contributed by atoms with Gasteiger partial charge in [0.2, 0.25) is 5.91 Å². The third-order valence-electron chi connectivity index (χ3n) is 3.76. The smallest absolute Gasteiger partial charge is 0.245 e. The maximum atomic E-state index is 13.5. The Morgan fingerprint density at radius 3 is 2.80 bits per heavy atom. The number of tetrazole rings is 1. The Kier molecular flexibility index (Phi) is 5.08. The number of pyridine rings is 1. The average Bonchev–Trinajstić information content (AvgIpc) is 3.04. The molecule has 25 heavy (non-hydrogen) atoms. The molecule has 0 radical (unpaired) electrons. The van der Waals surface area contributed by atoms with Crippen molar-refractivity contribution in [2.75, 3.05) is 0 Å². The van der Waals surface area contributed by atoms with E-state index in [1.807, 2.05) is 6.07 Å². The molecular weight excluding hydrogens is 323 g/mol. The number of amides is 1. The van der Waals surface area contributed by atoms with Gasteiger partial charge in [0.25, 0.3) is 0 Å². The lowest BCUT2D eigenvalue weighted by molar-refractivity contribution is -0.124. The molecule has 3 aromatic rings. The number of nitrogens with zero attached hydrogens (tertiary/aromatic N) is 5. The maximum Gasteiger partial charge on any atom is 0.245 e. The van der Waals surface area contributed by atoms with Gasteiger partial charge in [-0.1, -0.05) is 18.2 Å². The Labute approximate surface area is 143 Å². The van der Waals surface area contributed by atoms with Gasteiger partial charge in [-0.2, -0.15) is 0 Å². The fourth-order valence-corrected chi connectivity index (χ4v) is 2.51. The van der Waals surface area contributed by atoms with Crippen molar-refractivity contribution in [1.82, 2.24) is 30.5 Å². The topological polar surface area (TPSA) is 85.6 Å². The molecule has 0 spiro atoms. The second-order valence-corrected chi connectivity index (χ2v) is 5.60. The Bertz CT molecular complexity index is 851. The molecule has 1 amide bonds. The summed E-state index contributed by atoms with van der Waals surface area (Å²) in [6, 6.07) is 9.15. The zero-order valence-corrected chi connectivity index (χ0v) is 13.6. The second kappa shape index (κ2) is 7.61. The summed E-state index contributed by atoms with van der Waals surface area (Å²) in [6.07, 6.45) is 3.63. The van der Waals surface area contributed by atoms with Crippen LogP contribution in [0, 0.1) is 12.7 Å². The van der Waals surface area contributed by atoms with Crippen LogP contribution in [0.3, 0.4) is 0 Å². The van der Waals surface area contributed by atoms with Crippen LogP contribution in [0.15, 0.2) is 48.8 Å². The van der Waals surface area contributed by atoms with Gasteiger partial charge in [-0.15, -0.1) is 5.10 Å². The molecule has 0 saturated carbocycles. The summed E-state index contributed by atoms with van der Waals surface area (Å²) >= 11 is 0. The first-order valence-corrected chi connectivity index (χ1v) is 7.79. The first-order chi connectivity index (χ1) is 12.1. The van der Waals surface area contributed by atoms with Crippen molar-refractivity contribution in [1.29, 1.82) is 0 Å². The van der Waals surface area contributed by atoms with Crippen molar-refractivity contribution in [3.63, 3.8) is 0 Å². The molecule has 0 fully saturated rings.